The smallest absolute Gasteiger partial charge is 0.129 e. The van der Waals surface area contributed by atoms with Crippen molar-refractivity contribution in [2.24, 2.45) is 5.73 Å². The van der Waals surface area contributed by atoms with Crippen molar-refractivity contribution in [1.29, 1.82) is 0 Å². The molecule has 4 heteroatoms. The van der Waals surface area contributed by atoms with Crippen LogP contribution in [0.3, 0.4) is 0 Å². The van der Waals surface area contributed by atoms with Crippen LogP contribution in [-0.2, 0) is 5.41 Å². The van der Waals surface area contributed by atoms with Gasteiger partial charge >= 0.3 is 0 Å². The Labute approximate surface area is 91.6 Å². The Bertz CT molecular complexity index is 312. The minimum Gasteiger partial charge on any atom is -0.330 e. The van der Waals surface area contributed by atoms with Gasteiger partial charge in [-0.2, -0.15) is 0 Å². The highest BCUT2D eigenvalue weighted by molar-refractivity contribution is 9.10. The number of rotatable bonds is 2. The standard InChI is InChI=1S/C9H12BrClN2/c1-9(2,5-12)6-3-8(11)13-4-7(6)10/h3-4H,5,12H2,1-2H3. The van der Waals surface area contributed by atoms with E-state index in [0.29, 0.717) is 11.7 Å². The Morgan fingerprint density at radius 1 is 1.62 bits per heavy atom. The van der Waals surface area contributed by atoms with Crippen LogP contribution >= 0.6 is 27.5 Å². The summed E-state index contributed by atoms with van der Waals surface area (Å²) in [5, 5.41) is 0.500. The van der Waals surface area contributed by atoms with Gasteiger partial charge in [0.15, 0.2) is 0 Å². The molecule has 1 aromatic heterocycles. The number of pyridine rings is 1. The molecule has 0 aliphatic carbocycles. The van der Waals surface area contributed by atoms with Crippen molar-refractivity contribution in [3.8, 4) is 0 Å². The predicted octanol–water partition coefficient (Wildman–Crippen LogP) is 2.73. The van der Waals surface area contributed by atoms with Crippen LogP contribution in [0.2, 0.25) is 5.15 Å². The molecule has 72 valence electrons. The van der Waals surface area contributed by atoms with Crippen molar-refractivity contribution in [3.05, 3.63) is 27.5 Å². The molecule has 2 N–H and O–H groups in total. The van der Waals surface area contributed by atoms with Gasteiger partial charge in [-0.25, -0.2) is 4.98 Å². The zero-order chi connectivity index (χ0) is 10.1. The Balaban J connectivity index is 3.20. The van der Waals surface area contributed by atoms with Crippen molar-refractivity contribution in [3.63, 3.8) is 0 Å². The van der Waals surface area contributed by atoms with Crippen molar-refractivity contribution in [2.45, 2.75) is 19.3 Å². The molecule has 0 aliphatic rings. The molecule has 0 spiro atoms. The lowest BCUT2D eigenvalue weighted by Gasteiger charge is -2.24. The van der Waals surface area contributed by atoms with Gasteiger partial charge in [0, 0.05) is 22.6 Å². The van der Waals surface area contributed by atoms with Crippen molar-refractivity contribution in [2.75, 3.05) is 6.54 Å². The summed E-state index contributed by atoms with van der Waals surface area (Å²) in [6.45, 7) is 4.72. The highest BCUT2D eigenvalue weighted by atomic mass is 79.9. The summed E-state index contributed by atoms with van der Waals surface area (Å²) in [5.74, 6) is 0. The molecular weight excluding hydrogens is 251 g/mol. The van der Waals surface area contributed by atoms with Crippen molar-refractivity contribution in [1.82, 2.24) is 4.98 Å². The van der Waals surface area contributed by atoms with Gasteiger partial charge in [-0.3, -0.25) is 0 Å². The average Bonchev–Trinajstić information content (AvgIpc) is 2.09. The van der Waals surface area contributed by atoms with Gasteiger partial charge in [0.25, 0.3) is 0 Å². The molecule has 0 unspecified atom stereocenters. The monoisotopic (exact) mass is 262 g/mol. The summed E-state index contributed by atoms with van der Waals surface area (Å²) in [7, 11) is 0. The van der Waals surface area contributed by atoms with Crippen molar-refractivity contribution >= 4 is 27.5 Å². The summed E-state index contributed by atoms with van der Waals surface area (Å²) in [4.78, 5) is 3.96. The average molecular weight is 264 g/mol. The maximum atomic E-state index is 5.81. The topological polar surface area (TPSA) is 38.9 Å². The molecule has 13 heavy (non-hydrogen) atoms. The fourth-order valence-electron chi connectivity index (χ4n) is 1.04. The highest BCUT2D eigenvalue weighted by Gasteiger charge is 2.21. The Morgan fingerprint density at radius 3 is 2.77 bits per heavy atom. The zero-order valence-corrected chi connectivity index (χ0v) is 9.98. The number of nitrogens with zero attached hydrogens (tertiary/aromatic N) is 1. The third-order valence-corrected chi connectivity index (χ3v) is 2.90. The first-order chi connectivity index (χ1) is 5.97. The molecule has 0 saturated carbocycles. The maximum Gasteiger partial charge on any atom is 0.129 e. The molecule has 0 aliphatic heterocycles. The maximum absolute atomic E-state index is 5.81. The van der Waals surface area contributed by atoms with Gasteiger partial charge in [-0.1, -0.05) is 25.4 Å². The molecule has 0 saturated heterocycles. The van der Waals surface area contributed by atoms with Crippen LogP contribution in [0.4, 0.5) is 0 Å². The first-order valence-corrected chi connectivity index (χ1v) is 5.16. The van der Waals surface area contributed by atoms with E-state index in [-0.39, 0.29) is 5.41 Å². The van der Waals surface area contributed by atoms with Crippen molar-refractivity contribution < 1.29 is 0 Å². The lowest BCUT2D eigenvalue weighted by molar-refractivity contribution is 0.536. The number of nitrogens with two attached hydrogens (primary N) is 1. The lowest BCUT2D eigenvalue weighted by Crippen LogP contribution is -2.28. The fourth-order valence-corrected chi connectivity index (χ4v) is 1.95. The van der Waals surface area contributed by atoms with E-state index in [1.54, 1.807) is 6.20 Å². The van der Waals surface area contributed by atoms with E-state index in [9.17, 15) is 0 Å². The molecule has 1 aromatic rings. The van der Waals surface area contributed by atoms with E-state index >= 15 is 0 Å². The molecule has 1 heterocycles. The molecule has 0 fully saturated rings. The van der Waals surface area contributed by atoms with Gasteiger partial charge in [-0.15, -0.1) is 0 Å². The Kier molecular flexibility index (Phi) is 3.33. The quantitative estimate of drug-likeness (QED) is 0.833. The highest BCUT2D eigenvalue weighted by Crippen LogP contribution is 2.30. The SMILES string of the molecule is CC(C)(CN)c1cc(Cl)ncc1Br. The summed E-state index contributed by atoms with van der Waals surface area (Å²) in [6.07, 6.45) is 1.70. The van der Waals surface area contributed by atoms with Crippen LogP contribution in [0, 0.1) is 0 Å². The molecule has 0 aromatic carbocycles. The first-order valence-electron chi connectivity index (χ1n) is 3.99. The van der Waals surface area contributed by atoms with Gasteiger partial charge < -0.3 is 5.73 Å². The molecule has 0 amide bonds. The van der Waals surface area contributed by atoms with Crippen LogP contribution in [0.5, 0.6) is 0 Å². The summed E-state index contributed by atoms with van der Waals surface area (Å²) < 4.78 is 0.951. The largest absolute Gasteiger partial charge is 0.330 e. The van der Waals surface area contributed by atoms with E-state index in [1.165, 1.54) is 0 Å². The van der Waals surface area contributed by atoms with E-state index in [0.717, 1.165) is 10.0 Å². The van der Waals surface area contributed by atoms with E-state index in [2.05, 4.69) is 34.8 Å². The van der Waals surface area contributed by atoms with Gasteiger partial charge in [0.05, 0.1) is 0 Å². The molecule has 1 rings (SSSR count). The fraction of sp³-hybridized carbons (Fsp3) is 0.444. The van der Waals surface area contributed by atoms with Crippen LogP contribution in [0.25, 0.3) is 0 Å². The normalized spacial score (nSPS) is 11.8. The summed E-state index contributed by atoms with van der Waals surface area (Å²) in [6, 6.07) is 1.85. The van der Waals surface area contributed by atoms with E-state index in [4.69, 9.17) is 17.3 Å². The summed E-state index contributed by atoms with van der Waals surface area (Å²) >= 11 is 9.24. The Morgan fingerprint density at radius 2 is 2.23 bits per heavy atom. The zero-order valence-electron chi connectivity index (χ0n) is 7.64. The van der Waals surface area contributed by atoms with Crippen LogP contribution in [0.15, 0.2) is 16.7 Å². The molecule has 0 atom stereocenters. The molecule has 0 radical (unpaired) electrons. The molecular formula is C9H12BrClN2. The second kappa shape index (κ2) is 3.95. The first kappa shape index (κ1) is 11.0. The van der Waals surface area contributed by atoms with Crippen LogP contribution in [-0.4, -0.2) is 11.5 Å². The third-order valence-electron chi connectivity index (χ3n) is 2.06. The minimum atomic E-state index is -0.0780. The van der Waals surface area contributed by atoms with Gasteiger partial charge in [0.2, 0.25) is 0 Å². The number of halogens is 2. The number of hydrogen-bond acceptors (Lipinski definition) is 2. The summed E-state index contributed by atoms with van der Waals surface area (Å²) in [5.41, 5.74) is 6.69. The number of hydrogen-bond donors (Lipinski definition) is 1. The second-order valence-electron chi connectivity index (χ2n) is 3.57. The number of aromatic nitrogens is 1. The van der Waals surface area contributed by atoms with Crippen LogP contribution in [0.1, 0.15) is 19.4 Å². The van der Waals surface area contributed by atoms with E-state index in [1.807, 2.05) is 6.07 Å². The van der Waals surface area contributed by atoms with Gasteiger partial charge in [-0.05, 0) is 27.6 Å². The van der Waals surface area contributed by atoms with E-state index < -0.39 is 0 Å². The van der Waals surface area contributed by atoms with Gasteiger partial charge in [0.1, 0.15) is 5.15 Å². The lowest BCUT2D eigenvalue weighted by atomic mass is 9.85. The molecule has 2 nitrogen and oxygen atoms in total. The third kappa shape index (κ3) is 2.42. The Hall–Kier alpha value is -0.120. The minimum absolute atomic E-state index is 0.0780. The molecule has 0 bridgehead atoms. The van der Waals surface area contributed by atoms with Crippen LogP contribution < -0.4 is 5.73 Å². The predicted molar refractivity (Wildman–Crippen MR) is 59.0 cm³/mol. The second-order valence-corrected chi connectivity index (χ2v) is 4.82.